The van der Waals surface area contributed by atoms with E-state index in [2.05, 4.69) is 15.9 Å². The molecule has 0 bridgehead atoms. The van der Waals surface area contributed by atoms with Crippen LogP contribution in [0, 0.1) is 11.7 Å². The zero-order chi connectivity index (χ0) is 13.8. The number of hydrogen-bond donors (Lipinski definition) is 1. The van der Waals surface area contributed by atoms with Crippen molar-refractivity contribution in [3.05, 3.63) is 34.1 Å². The van der Waals surface area contributed by atoms with Gasteiger partial charge in [0, 0.05) is 24.2 Å². The van der Waals surface area contributed by atoms with Crippen molar-refractivity contribution >= 4 is 21.8 Å². The highest BCUT2D eigenvalue weighted by Crippen LogP contribution is 2.19. The van der Waals surface area contributed by atoms with E-state index in [1.807, 2.05) is 0 Å². The van der Waals surface area contributed by atoms with E-state index in [1.165, 1.54) is 6.07 Å². The summed E-state index contributed by atoms with van der Waals surface area (Å²) in [5.41, 5.74) is 0.408. The summed E-state index contributed by atoms with van der Waals surface area (Å²) >= 11 is 3.28. The summed E-state index contributed by atoms with van der Waals surface area (Å²) in [7, 11) is 0. The molecule has 1 unspecified atom stereocenters. The number of nitrogens with zero attached hydrogens (tertiary/aromatic N) is 1. The van der Waals surface area contributed by atoms with E-state index in [0.717, 1.165) is 17.3 Å². The van der Waals surface area contributed by atoms with Crippen molar-refractivity contribution in [1.82, 2.24) is 4.90 Å². The normalized spacial score (nSPS) is 19.5. The maximum Gasteiger partial charge on any atom is 0.227 e. The maximum absolute atomic E-state index is 13.6. The quantitative estimate of drug-likeness (QED) is 0.924. The van der Waals surface area contributed by atoms with Crippen LogP contribution in [0.2, 0.25) is 0 Å². The van der Waals surface area contributed by atoms with Crippen molar-refractivity contribution < 1.29 is 14.3 Å². The summed E-state index contributed by atoms with van der Waals surface area (Å²) in [6, 6.07) is 4.62. The highest BCUT2D eigenvalue weighted by atomic mass is 79.9. The van der Waals surface area contributed by atoms with E-state index in [-0.39, 0.29) is 30.7 Å². The number of aliphatic hydroxyl groups excluding tert-OH is 1. The van der Waals surface area contributed by atoms with E-state index < -0.39 is 0 Å². The Hall–Kier alpha value is -0.940. The lowest BCUT2D eigenvalue weighted by molar-refractivity contribution is -0.132. The van der Waals surface area contributed by atoms with Gasteiger partial charge in [-0.2, -0.15) is 0 Å². The Labute approximate surface area is 120 Å². The van der Waals surface area contributed by atoms with Gasteiger partial charge in [0.15, 0.2) is 0 Å². The van der Waals surface area contributed by atoms with Gasteiger partial charge in [-0.1, -0.05) is 15.9 Å². The van der Waals surface area contributed by atoms with Crippen molar-refractivity contribution in [3.63, 3.8) is 0 Å². The van der Waals surface area contributed by atoms with Crippen molar-refractivity contribution in [1.29, 1.82) is 0 Å². The molecule has 1 amide bonds. The molecule has 19 heavy (non-hydrogen) atoms. The zero-order valence-corrected chi connectivity index (χ0v) is 12.2. The Morgan fingerprint density at radius 1 is 1.53 bits per heavy atom. The molecular weight excluding hydrogens is 313 g/mol. The summed E-state index contributed by atoms with van der Waals surface area (Å²) in [6.45, 7) is 1.38. The maximum atomic E-state index is 13.6. The summed E-state index contributed by atoms with van der Waals surface area (Å²) in [5, 5.41) is 9.16. The third-order valence-corrected chi connectivity index (χ3v) is 3.97. The number of carbonyl (C=O) groups excluding carboxylic acids is 1. The van der Waals surface area contributed by atoms with Crippen molar-refractivity contribution in [2.24, 2.45) is 5.92 Å². The minimum absolute atomic E-state index is 0.0728. The van der Waals surface area contributed by atoms with E-state index in [0.29, 0.717) is 18.7 Å². The van der Waals surface area contributed by atoms with Gasteiger partial charge in [0.05, 0.1) is 6.42 Å². The van der Waals surface area contributed by atoms with E-state index >= 15 is 0 Å². The van der Waals surface area contributed by atoms with Gasteiger partial charge in [0.1, 0.15) is 5.82 Å². The number of halogens is 2. The smallest absolute Gasteiger partial charge is 0.227 e. The molecule has 0 aliphatic carbocycles. The number of benzene rings is 1. The van der Waals surface area contributed by atoms with E-state index in [9.17, 15) is 9.18 Å². The molecule has 1 aromatic carbocycles. The Kier molecular flexibility index (Phi) is 4.93. The van der Waals surface area contributed by atoms with Gasteiger partial charge in [0.25, 0.3) is 0 Å². The number of hydrogen-bond acceptors (Lipinski definition) is 2. The fourth-order valence-electron chi connectivity index (χ4n) is 2.39. The van der Waals surface area contributed by atoms with Crippen LogP contribution in [0.4, 0.5) is 4.39 Å². The summed E-state index contributed by atoms with van der Waals surface area (Å²) in [5.74, 6) is -0.271. The molecule has 1 saturated heterocycles. The highest BCUT2D eigenvalue weighted by molar-refractivity contribution is 9.10. The number of piperidine rings is 1. The molecule has 0 spiro atoms. The highest BCUT2D eigenvalue weighted by Gasteiger charge is 2.23. The van der Waals surface area contributed by atoms with Crippen LogP contribution in [-0.4, -0.2) is 35.6 Å². The molecule has 5 heteroatoms. The van der Waals surface area contributed by atoms with Crippen LogP contribution >= 0.6 is 15.9 Å². The Morgan fingerprint density at radius 3 is 3.05 bits per heavy atom. The van der Waals surface area contributed by atoms with Gasteiger partial charge in [-0.25, -0.2) is 4.39 Å². The fraction of sp³-hybridized carbons (Fsp3) is 0.500. The van der Waals surface area contributed by atoms with Crippen LogP contribution in [0.1, 0.15) is 18.4 Å². The minimum Gasteiger partial charge on any atom is -0.396 e. The topological polar surface area (TPSA) is 40.5 Å². The first-order valence-electron chi connectivity index (χ1n) is 6.42. The molecule has 2 rings (SSSR count). The summed E-state index contributed by atoms with van der Waals surface area (Å²) < 4.78 is 14.4. The molecular formula is C14H17BrFNO2. The summed E-state index contributed by atoms with van der Waals surface area (Å²) in [6.07, 6.45) is 1.92. The van der Waals surface area contributed by atoms with Crippen LogP contribution in [0.15, 0.2) is 22.7 Å². The Bertz CT molecular complexity index is 467. The molecule has 1 heterocycles. The molecule has 1 aliphatic rings. The predicted octanol–water partition coefficient (Wildman–Crippen LogP) is 2.36. The van der Waals surface area contributed by atoms with Crippen molar-refractivity contribution in [2.75, 3.05) is 19.7 Å². The second-order valence-corrected chi connectivity index (χ2v) is 5.86. The van der Waals surface area contributed by atoms with Gasteiger partial charge in [-0.3, -0.25) is 4.79 Å². The van der Waals surface area contributed by atoms with Crippen molar-refractivity contribution in [3.8, 4) is 0 Å². The number of carbonyl (C=O) groups is 1. The average molecular weight is 330 g/mol. The second kappa shape index (κ2) is 6.48. The van der Waals surface area contributed by atoms with Gasteiger partial charge in [0.2, 0.25) is 5.91 Å². The number of amides is 1. The molecule has 0 aromatic heterocycles. The third-order valence-electron chi connectivity index (χ3n) is 3.48. The van der Waals surface area contributed by atoms with Gasteiger partial charge < -0.3 is 10.0 Å². The molecule has 0 radical (unpaired) electrons. The van der Waals surface area contributed by atoms with Crippen LogP contribution in [0.3, 0.4) is 0 Å². The molecule has 104 valence electrons. The number of rotatable bonds is 3. The first-order chi connectivity index (χ1) is 9.10. The average Bonchev–Trinajstić information content (AvgIpc) is 2.43. The molecule has 0 saturated carbocycles. The zero-order valence-electron chi connectivity index (χ0n) is 10.6. The molecule has 1 N–H and O–H groups in total. The van der Waals surface area contributed by atoms with Crippen LogP contribution < -0.4 is 0 Å². The Balaban J connectivity index is 2.02. The lowest BCUT2D eigenvalue weighted by atomic mass is 9.98. The number of likely N-dealkylation sites (tertiary alicyclic amines) is 1. The van der Waals surface area contributed by atoms with Gasteiger partial charge in [-0.15, -0.1) is 0 Å². The molecule has 1 atom stereocenters. The van der Waals surface area contributed by atoms with Crippen LogP contribution in [0.5, 0.6) is 0 Å². The minimum atomic E-state index is -0.354. The first kappa shape index (κ1) is 14.5. The molecule has 1 aliphatic heterocycles. The molecule has 1 aromatic rings. The standard InChI is InChI=1S/C14H17BrFNO2/c15-12-3-4-13(16)11(6-12)7-14(19)17-5-1-2-10(8-17)9-18/h3-4,6,10,18H,1-2,5,7-9H2. The lowest BCUT2D eigenvalue weighted by Gasteiger charge is -2.32. The first-order valence-corrected chi connectivity index (χ1v) is 7.22. The molecule has 3 nitrogen and oxygen atoms in total. The molecule has 1 fully saturated rings. The van der Waals surface area contributed by atoms with Gasteiger partial charge >= 0.3 is 0 Å². The van der Waals surface area contributed by atoms with Gasteiger partial charge in [-0.05, 0) is 42.5 Å². The van der Waals surface area contributed by atoms with E-state index in [1.54, 1.807) is 17.0 Å². The lowest BCUT2D eigenvalue weighted by Crippen LogP contribution is -2.41. The van der Waals surface area contributed by atoms with Crippen LogP contribution in [-0.2, 0) is 11.2 Å². The number of aliphatic hydroxyl groups is 1. The largest absolute Gasteiger partial charge is 0.396 e. The SMILES string of the molecule is O=C(Cc1cc(Br)ccc1F)N1CCCC(CO)C1. The van der Waals surface area contributed by atoms with E-state index in [4.69, 9.17) is 5.11 Å². The van der Waals surface area contributed by atoms with Crippen LogP contribution in [0.25, 0.3) is 0 Å². The fourth-order valence-corrected chi connectivity index (χ4v) is 2.80. The predicted molar refractivity (Wildman–Crippen MR) is 74.2 cm³/mol. The Morgan fingerprint density at radius 2 is 2.32 bits per heavy atom. The monoisotopic (exact) mass is 329 g/mol. The summed E-state index contributed by atoms with van der Waals surface area (Å²) in [4.78, 5) is 13.9. The van der Waals surface area contributed by atoms with Crippen molar-refractivity contribution in [2.45, 2.75) is 19.3 Å². The third kappa shape index (κ3) is 3.76. The second-order valence-electron chi connectivity index (χ2n) is 4.94.